The van der Waals surface area contributed by atoms with Gasteiger partial charge in [0.05, 0.1) is 23.4 Å². The Morgan fingerprint density at radius 2 is 1.86 bits per heavy atom. The van der Waals surface area contributed by atoms with Gasteiger partial charge in [-0.1, -0.05) is 0 Å². The zero-order chi connectivity index (χ0) is 15.0. The number of nitrogens with zero attached hydrogens (tertiary/aromatic N) is 2. The number of hydrogen-bond donors (Lipinski definition) is 0. The summed E-state index contributed by atoms with van der Waals surface area (Å²) in [5, 5.41) is 9.10. The molecule has 0 saturated carbocycles. The third-order valence-electron chi connectivity index (χ3n) is 3.07. The molecular formula is C14H9F3N2OS. The van der Waals surface area contributed by atoms with E-state index >= 15 is 0 Å². The Morgan fingerprint density at radius 3 is 2.43 bits per heavy atom. The van der Waals surface area contributed by atoms with Crippen molar-refractivity contribution in [3.05, 3.63) is 52.2 Å². The molecule has 0 radical (unpaired) electrons. The predicted octanol–water partition coefficient (Wildman–Crippen LogP) is 3.91. The SMILES string of the molecule is O=C1CC(c2ccsc2)=NN1c1ccc(C(F)(F)F)cc1. The van der Waals surface area contributed by atoms with E-state index in [4.69, 9.17) is 0 Å². The van der Waals surface area contributed by atoms with Crippen molar-refractivity contribution in [1.29, 1.82) is 0 Å². The molecule has 3 nitrogen and oxygen atoms in total. The maximum atomic E-state index is 12.5. The molecule has 108 valence electrons. The first-order valence-corrected chi connectivity index (χ1v) is 7.00. The van der Waals surface area contributed by atoms with Crippen LogP contribution in [0.25, 0.3) is 0 Å². The highest BCUT2D eigenvalue weighted by atomic mass is 32.1. The first kappa shape index (κ1) is 13.8. The van der Waals surface area contributed by atoms with Crippen molar-refractivity contribution >= 4 is 28.6 Å². The van der Waals surface area contributed by atoms with Crippen LogP contribution in [0.5, 0.6) is 0 Å². The van der Waals surface area contributed by atoms with Crippen molar-refractivity contribution in [1.82, 2.24) is 0 Å². The molecule has 0 aliphatic carbocycles. The number of thiophene rings is 1. The molecule has 1 aliphatic rings. The van der Waals surface area contributed by atoms with E-state index in [-0.39, 0.29) is 12.3 Å². The number of hydrazone groups is 1. The third-order valence-corrected chi connectivity index (χ3v) is 3.75. The number of anilines is 1. The van der Waals surface area contributed by atoms with Gasteiger partial charge in [-0.25, -0.2) is 5.01 Å². The van der Waals surface area contributed by atoms with Crippen LogP contribution in [0.1, 0.15) is 17.5 Å². The van der Waals surface area contributed by atoms with Gasteiger partial charge >= 0.3 is 6.18 Å². The summed E-state index contributed by atoms with van der Waals surface area (Å²) in [6, 6.07) is 6.25. The summed E-state index contributed by atoms with van der Waals surface area (Å²) in [5.41, 5.74) is 1.07. The number of carbonyl (C=O) groups is 1. The molecular weight excluding hydrogens is 301 g/mol. The second-order valence-corrected chi connectivity index (χ2v) is 5.27. The Balaban J connectivity index is 1.88. The van der Waals surface area contributed by atoms with Crippen LogP contribution in [0, 0.1) is 0 Å². The van der Waals surface area contributed by atoms with Crippen LogP contribution in [0.4, 0.5) is 18.9 Å². The number of carbonyl (C=O) groups excluding carboxylic acids is 1. The van der Waals surface area contributed by atoms with E-state index in [1.165, 1.54) is 23.5 Å². The molecule has 21 heavy (non-hydrogen) atoms. The van der Waals surface area contributed by atoms with E-state index in [0.717, 1.165) is 22.7 Å². The number of halogens is 3. The van der Waals surface area contributed by atoms with E-state index in [1.807, 2.05) is 16.8 Å². The Labute approximate surface area is 122 Å². The summed E-state index contributed by atoms with van der Waals surface area (Å²) in [6.45, 7) is 0. The smallest absolute Gasteiger partial charge is 0.272 e. The number of hydrogen-bond acceptors (Lipinski definition) is 3. The molecule has 0 fully saturated rings. The lowest BCUT2D eigenvalue weighted by Crippen LogP contribution is -2.19. The van der Waals surface area contributed by atoms with Crippen LogP contribution in [-0.4, -0.2) is 11.6 Å². The highest BCUT2D eigenvalue weighted by Crippen LogP contribution is 2.31. The zero-order valence-corrected chi connectivity index (χ0v) is 11.4. The molecule has 3 rings (SSSR count). The normalized spacial score (nSPS) is 15.5. The summed E-state index contributed by atoms with van der Waals surface area (Å²) in [6.07, 6.45) is -4.24. The van der Waals surface area contributed by atoms with Crippen molar-refractivity contribution in [2.45, 2.75) is 12.6 Å². The second kappa shape index (κ2) is 5.00. The number of amides is 1. The fraction of sp³-hybridized carbons (Fsp3) is 0.143. The first-order chi connectivity index (χ1) is 9.95. The monoisotopic (exact) mass is 310 g/mol. The minimum atomic E-state index is -4.39. The molecule has 1 amide bonds. The Kier molecular flexibility index (Phi) is 3.29. The van der Waals surface area contributed by atoms with Gasteiger partial charge in [0, 0.05) is 5.56 Å². The van der Waals surface area contributed by atoms with Gasteiger partial charge in [-0.05, 0) is 41.1 Å². The van der Waals surface area contributed by atoms with Gasteiger partial charge in [0.1, 0.15) is 0 Å². The number of rotatable bonds is 2. The minimum Gasteiger partial charge on any atom is -0.272 e. The molecule has 0 bridgehead atoms. The lowest BCUT2D eigenvalue weighted by molar-refractivity contribution is -0.137. The van der Waals surface area contributed by atoms with Crippen LogP contribution in [-0.2, 0) is 11.0 Å². The predicted molar refractivity (Wildman–Crippen MR) is 74.4 cm³/mol. The first-order valence-electron chi connectivity index (χ1n) is 6.05. The van der Waals surface area contributed by atoms with E-state index < -0.39 is 11.7 Å². The molecule has 0 N–H and O–H groups in total. The lowest BCUT2D eigenvalue weighted by atomic mass is 10.1. The van der Waals surface area contributed by atoms with Crippen molar-refractivity contribution in [2.24, 2.45) is 5.10 Å². The molecule has 0 unspecified atom stereocenters. The summed E-state index contributed by atoms with van der Waals surface area (Å²) < 4.78 is 37.5. The molecule has 1 aromatic carbocycles. The highest BCUT2D eigenvalue weighted by molar-refractivity contribution is 7.08. The van der Waals surface area contributed by atoms with Crippen LogP contribution >= 0.6 is 11.3 Å². The molecule has 1 aliphatic heterocycles. The van der Waals surface area contributed by atoms with Crippen LogP contribution in [0.15, 0.2) is 46.2 Å². The number of benzene rings is 1. The molecule has 2 heterocycles. The fourth-order valence-corrected chi connectivity index (χ4v) is 2.68. The molecule has 2 aromatic rings. The van der Waals surface area contributed by atoms with Crippen molar-refractivity contribution < 1.29 is 18.0 Å². The zero-order valence-electron chi connectivity index (χ0n) is 10.6. The topological polar surface area (TPSA) is 32.7 Å². The molecule has 7 heteroatoms. The minimum absolute atomic E-state index is 0.151. The van der Waals surface area contributed by atoms with Gasteiger partial charge in [0.2, 0.25) is 0 Å². The molecule has 1 aromatic heterocycles. The molecule has 0 spiro atoms. The van der Waals surface area contributed by atoms with E-state index in [9.17, 15) is 18.0 Å². The summed E-state index contributed by atoms with van der Waals surface area (Å²) in [5.74, 6) is -0.254. The van der Waals surface area contributed by atoms with Gasteiger partial charge in [-0.15, -0.1) is 0 Å². The summed E-state index contributed by atoms with van der Waals surface area (Å²) >= 11 is 1.49. The van der Waals surface area contributed by atoms with E-state index in [1.54, 1.807) is 0 Å². The summed E-state index contributed by atoms with van der Waals surface area (Å²) in [4.78, 5) is 12.0. The van der Waals surface area contributed by atoms with Gasteiger partial charge in [0.25, 0.3) is 5.91 Å². The van der Waals surface area contributed by atoms with E-state index in [0.29, 0.717) is 11.4 Å². The summed E-state index contributed by atoms with van der Waals surface area (Å²) in [7, 11) is 0. The maximum Gasteiger partial charge on any atom is 0.416 e. The van der Waals surface area contributed by atoms with E-state index in [2.05, 4.69) is 5.10 Å². The van der Waals surface area contributed by atoms with Gasteiger partial charge in [-0.3, -0.25) is 4.79 Å². The molecule has 0 saturated heterocycles. The largest absolute Gasteiger partial charge is 0.416 e. The van der Waals surface area contributed by atoms with Gasteiger partial charge in [-0.2, -0.15) is 29.6 Å². The molecule has 0 atom stereocenters. The maximum absolute atomic E-state index is 12.5. The standard InChI is InChI=1S/C14H9F3N2OS/c15-14(16,17)10-1-3-11(4-2-10)19-13(20)7-12(18-19)9-5-6-21-8-9/h1-6,8H,7H2. The highest BCUT2D eigenvalue weighted by Gasteiger charge is 2.31. The Bertz CT molecular complexity index is 690. The quantitative estimate of drug-likeness (QED) is 0.828. The lowest BCUT2D eigenvalue weighted by Gasteiger charge is -2.13. The third kappa shape index (κ3) is 2.69. The average molecular weight is 310 g/mol. The van der Waals surface area contributed by atoms with Crippen LogP contribution in [0.2, 0.25) is 0 Å². The number of alkyl halides is 3. The van der Waals surface area contributed by atoms with Crippen molar-refractivity contribution in [3.63, 3.8) is 0 Å². The Morgan fingerprint density at radius 1 is 1.14 bits per heavy atom. The Hall–Kier alpha value is -2.15. The van der Waals surface area contributed by atoms with Crippen LogP contribution in [0.3, 0.4) is 0 Å². The van der Waals surface area contributed by atoms with Gasteiger partial charge < -0.3 is 0 Å². The average Bonchev–Trinajstić information content (AvgIpc) is 3.07. The second-order valence-electron chi connectivity index (χ2n) is 4.49. The van der Waals surface area contributed by atoms with Crippen LogP contribution < -0.4 is 5.01 Å². The fourth-order valence-electron chi connectivity index (χ4n) is 2.01. The van der Waals surface area contributed by atoms with Crippen molar-refractivity contribution in [2.75, 3.05) is 5.01 Å². The van der Waals surface area contributed by atoms with Crippen molar-refractivity contribution in [3.8, 4) is 0 Å². The van der Waals surface area contributed by atoms with Gasteiger partial charge in [0.15, 0.2) is 0 Å².